The minimum atomic E-state index is -0.425. The van der Waals surface area contributed by atoms with Gasteiger partial charge in [-0.25, -0.2) is 9.37 Å². The molecule has 2 aromatic rings. The first-order valence-corrected chi connectivity index (χ1v) is 5.50. The van der Waals surface area contributed by atoms with Gasteiger partial charge in [0.1, 0.15) is 29.9 Å². The maximum absolute atomic E-state index is 12.8. The van der Waals surface area contributed by atoms with Crippen molar-refractivity contribution < 1.29 is 9.13 Å². The van der Waals surface area contributed by atoms with Gasteiger partial charge in [-0.1, -0.05) is 17.7 Å². The third-order valence-corrected chi connectivity index (χ3v) is 2.57. The van der Waals surface area contributed by atoms with Gasteiger partial charge >= 0.3 is 0 Å². The largest absolute Gasteiger partial charge is 0.487 e. The van der Waals surface area contributed by atoms with E-state index in [1.807, 2.05) is 6.07 Å². The average Bonchev–Trinajstić information content (AvgIpc) is 2.38. The van der Waals surface area contributed by atoms with Gasteiger partial charge in [0, 0.05) is 11.8 Å². The van der Waals surface area contributed by atoms with Crippen LogP contribution in [0.15, 0.2) is 36.5 Å². The first kappa shape index (κ1) is 12.3. The Bertz CT molecular complexity index is 610. The molecule has 0 spiro atoms. The Morgan fingerprint density at radius 1 is 1.39 bits per heavy atom. The summed E-state index contributed by atoms with van der Waals surface area (Å²) in [5.74, 6) is -0.0581. The minimum Gasteiger partial charge on any atom is -0.487 e. The monoisotopic (exact) mass is 262 g/mol. The molecule has 0 saturated heterocycles. The molecule has 0 atom stereocenters. The minimum absolute atomic E-state index is 0.155. The SMILES string of the molecule is N#Cc1ncccc1COc1ccc(F)cc1Cl. The molecule has 0 amide bonds. The summed E-state index contributed by atoms with van der Waals surface area (Å²) in [6, 6.07) is 9.30. The normalized spacial score (nSPS) is 9.83. The molecule has 1 heterocycles. The van der Waals surface area contributed by atoms with E-state index >= 15 is 0 Å². The van der Waals surface area contributed by atoms with E-state index in [0.717, 1.165) is 0 Å². The van der Waals surface area contributed by atoms with E-state index in [-0.39, 0.29) is 11.6 Å². The van der Waals surface area contributed by atoms with Gasteiger partial charge in [-0.15, -0.1) is 0 Å². The lowest BCUT2D eigenvalue weighted by Crippen LogP contribution is -2.00. The lowest BCUT2D eigenvalue weighted by molar-refractivity contribution is 0.305. The fraction of sp³-hybridized carbons (Fsp3) is 0.0769. The van der Waals surface area contributed by atoms with Gasteiger partial charge in [0.15, 0.2) is 0 Å². The van der Waals surface area contributed by atoms with Crippen molar-refractivity contribution in [1.82, 2.24) is 4.98 Å². The zero-order chi connectivity index (χ0) is 13.0. The molecule has 0 N–H and O–H groups in total. The van der Waals surface area contributed by atoms with Crippen molar-refractivity contribution in [3.8, 4) is 11.8 Å². The highest BCUT2D eigenvalue weighted by Crippen LogP contribution is 2.25. The van der Waals surface area contributed by atoms with Gasteiger partial charge in [0.2, 0.25) is 0 Å². The molecule has 18 heavy (non-hydrogen) atoms. The molecule has 0 bridgehead atoms. The molecule has 0 saturated carbocycles. The Labute approximate surface area is 108 Å². The number of hydrogen-bond donors (Lipinski definition) is 0. The molecule has 3 nitrogen and oxygen atoms in total. The van der Waals surface area contributed by atoms with Crippen LogP contribution in [-0.2, 0) is 6.61 Å². The fourth-order valence-electron chi connectivity index (χ4n) is 1.40. The van der Waals surface area contributed by atoms with Crippen LogP contribution in [0.1, 0.15) is 11.3 Å². The van der Waals surface area contributed by atoms with Gasteiger partial charge in [-0.05, 0) is 24.3 Å². The van der Waals surface area contributed by atoms with Crippen molar-refractivity contribution in [3.63, 3.8) is 0 Å². The first-order valence-electron chi connectivity index (χ1n) is 5.12. The fourth-order valence-corrected chi connectivity index (χ4v) is 1.63. The third kappa shape index (κ3) is 2.76. The van der Waals surface area contributed by atoms with Gasteiger partial charge in [-0.2, -0.15) is 5.26 Å². The molecule has 0 unspecified atom stereocenters. The van der Waals surface area contributed by atoms with Crippen molar-refractivity contribution in [2.75, 3.05) is 0 Å². The summed E-state index contributed by atoms with van der Waals surface area (Å²) >= 11 is 5.82. The van der Waals surface area contributed by atoms with E-state index in [9.17, 15) is 4.39 Å². The van der Waals surface area contributed by atoms with Gasteiger partial charge in [-0.3, -0.25) is 0 Å². The number of benzene rings is 1. The molecular weight excluding hydrogens is 255 g/mol. The highest BCUT2D eigenvalue weighted by atomic mass is 35.5. The molecule has 0 aliphatic rings. The molecule has 0 radical (unpaired) electrons. The Morgan fingerprint density at radius 3 is 2.94 bits per heavy atom. The Hall–Kier alpha value is -2.12. The van der Waals surface area contributed by atoms with Crippen LogP contribution in [0.2, 0.25) is 5.02 Å². The van der Waals surface area contributed by atoms with Crippen LogP contribution in [0.4, 0.5) is 4.39 Å². The Kier molecular flexibility index (Phi) is 3.75. The van der Waals surface area contributed by atoms with Gasteiger partial charge < -0.3 is 4.74 Å². The summed E-state index contributed by atoms with van der Waals surface area (Å²) in [5.41, 5.74) is 0.955. The predicted molar refractivity (Wildman–Crippen MR) is 64.7 cm³/mol. The van der Waals surface area contributed by atoms with Crippen LogP contribution in [-0.4, -0.2) is 4.98 Å². The van der Waals surface area contributed by atoms with Crippen LogP contribution in [0, 0.1) is 17.1 Å². The Balaban J connectivity index is 2.14. The van der Waals surface area contributed by atoms with E-state index in [1.54, 1.807) is 12.1 Å². The van der Waals surface area contributed by atoms with Gasteiger partial charge in [0.25, 0.3) is 0 Å². The molecule has 90 valence electrons. The molecule has 1 aromatic heterocycles. The summed E-state index contributed by atoms with van der Waals surface area (Å²) in [5, 5.41) is 9.05. The second-order valence-corrected chi connectivity index (χ2v) is 3.89. The zero-order valence-corrected chi connectivity index (χ0v) is 9.99. The summed E-state index contributed by atoms with van der Waals surface area (Å²) in [4.78, 5) is 3.91. The lowest BCUT2D eigenvalue weighted by atomic mass is 10.2. The average molecular weight is 263 g/mol. The number of hydrogen-bond acceptors (Lipinski definition) is 3. The number of aromatic nitrogens is 1. The molecule has 0 aliphatic heterocycles. The second-order valence-electron chi connectivity index (χ2n) is 3.49. The predicted octanol–water partition coefficient (Wildman–Crippen LogP) is 3.32. The van der Waals surface area contributed by atoms with Crippen LogP contribution in [0.25, 0.3) is 0 Å². The van der Waals surface area contributed by atoms with Crippen molar-refractivity contribution in [1.29, 1.82) is 5.26 Å². The molecule has 1 aromatic carbocycles. The smallest absolute Gasteiger partial charge is 0.147 e. The lowest BCUT2D eigenvalue weighted by Gasteiger charge is -2.08. The van der Waals surface area contributed by atoms with E-state index in [0.29, 0.717) is 17.0 Å². The van der Waals surface area contributed by atoms with Crippen LogP contribution in [0.5, 0.6) is 5.75 Å². The topological polar surface area (TPSA) is 45.9 Å². The molecule has 0 aliphatic carbocycles. The molecule has 0 fully saturated rings. The summed E-state index contributed by atoms with van der Waals surface area (Å²) < 4.78 is 18.3. The zero-order valence-electron chi connectivity index (χ0n) is 9.23. The van der Waals surface area contributed by atoms with Crippen LogP contribution < -0.4 is 4.74 Å². The number of halogens is 2. The van der Waals surface area contributed by atoms with E-state index in [2.05, 4.69) is 4.98 Å². The summed E-state index contributed by atoms with van der Waals surface area (Å²) in [6.07, 6.45) is 1.53. The number of ether oxygens (including phenoxy) is 1. The van der Waals surface area contributed by atoms with Crippen LogP contribution >= 0.6 is 11.6 Å². The number of nitriles is 1. The molecule has 2 rings (SSSR count). The second kappa shape index (κ2) is 5.48. The van der Waals surface area contributed by atoms with Crippen molar-refractivity contribution >= 4 is 11.6 Å². The van der Waals surface area contributed by atoms with Crippen molar-refractivity contribution in [2.45, 2.75) is 6.61 Å². The standard InChI is InChI=1S/C13H8ClFN2O/c14-11-6-10(15)3-4-13(11)18-8-9-2-1-5-17-12(9)7-16/h1-6H,8H2. The van der Waals surface area contributed by atoms with E-state index in [4.69, 9.17) is 21.6 Å². The van der Waals surface area contributed by atoms with Crippen molar-refractivity contribution in [3.05, 3.63) is 58.6 Å². The molecular formula is C13H8ClFN2O. The number of rotatable bonds is 3. The quantitative estimate of drug-likeness (QED) is 0.852. The van der Waals surface area contributed by atoms with Gasteiger partial charge in [0.05, 0.1) is 5.02 Å². The summed E-state index contributed by atoms with van der Waals surface area (Å²) in [7, 11) is 0. The maximum Gasteiger partial charge on any atom is 0.147 e. The highest BCUT2D eigenvalue weighted by molar-refractivity contribution is 6.32. The van der Waals surface area contributed by atoms with Crippen molar-refractivity contribution in [2.24, 2.45) is 0 Å². The maximum atomic E-state index is 12.8. The number of pyridine rings is 1. The first-order chi connectivity index (χ1) is 8.70. The number of nitrogens with zero attached hydrogens (tertiary/aromatic N) is 2. The summed E-state index contributed by atoms with van der Waals surface area (Å²) in [6.45, 7) is 0.155. The van der Waals surface area contributed by atoms with Crippen LogP contribution in [0.3, 0.4) is 0 Å². The van der Waals surface area contributed by atoms with E-state index in [1.165, 1.54) is 24.4 Å². The van der Waals surface area contributed by atoms with E-state index < -0.39 is 5.82 Å². The highest BCUT2D eigenvalue weighted by Gasteiger charge is 2.06. The third-order valence-electron chi connectivity index (χ3n) is 2.27. The Morgan fingerprint density at radius 2 is 2.22 bits per heavy atom. The molecule has 5 heteroatoms.